The Labute approximate surface area is 192 Å². The van der Waals surface area contributed by atoms with Gasteiger partial charge in [0.15, 0.2) is 11.5 Å². The van der Waals surface area contributed by atoms with Crippen LogP contribution in [0, 0.1) is 0 Å². The molecule has 0 atom stereocenters. The van der Waals surface area contributed by atoms with E-state index in [0.29, 0.717) is 35.0 Å². The summed E-state index contributed by atoms with van der Waals surface area (Å²) in [6.45, 7) is 6.37. The van der Waals surface area contributed by atoms with Gasteiger partial charge in [0.05, 0.1) is 20.3 Å². The van der Waals surface area contributed by atoms with E-state index in [1.165, 1.54) is 13.2 Å². The highest BCUT2D eigenvalue weighted by molar-refractivity contribution is 6.31. The molecule has 0 bridgehead atoms. The van der Waals surface area contributed by atoms with E-state index >= 15 is 0 Å². The third-order valence-electron chi connectivity index (χ3n) is 4.79. The average molecular weight is 450 g/mol. The van der Waals surface area contributed by atoms with Crippen LogP contribution in [0.3, 0.4) is 0 Å². The van der Waals surface area contributed by atoms with Crippen LogP contribution >= 0.6 is 0 Å². The van der Waals surface area contributed by atoms with Crippen LogP contribution in [0.2, 0.25) is 0 Å². The molecule has 2 aromatic carbocycles. The monoisotopic (exact) mass is 450 g/mol. The molecular formula is C25H26N2O6. The van der Waals surface area contributed by atoms with Gasteiger partial charge in [-0.1, -0.05) is 43.8 Å². The van der Waals surface area contributed by atoms with Gasteiger partial charge in [-0.15, -0.1) is 0 Å². The van der Waals surface area contributed by atoms with Crippen molar-refractivity contribution >= 4 is 23.9 Å². The molecule has 1 N–H and O–H groups in total. The number of nitrogens with zero attached hydrogens (tertiary/aromatic N) is 1. The second-order valence-electron chi connectivity index (χ2n) is 7.18. The highest BCUT2D eigenvalue weighted by Gasteiger charge is 2.36. The van der Waals surface area contributed by atoms with Crippen molar-refractivity contribution < 1.29 is 28.6 Å². The molecule has 0 aliphatic carbocycles. The zero-order valence-corrected chi connectivity index (χ0v) is 18.6. The number of benzene rings is 2. The van der Waals surface area contributed by atoms with Crippen molar-refractivity contribution in [3.05, 3.63) is 71.8 Å². The van der Waals surface area contributed by atoms with Gasteiger partial charge in [-0.3, -0.25) is 19.8 Å². The maximum absolute atomic E-state index is 13.1. The first-order valence-corrected chi connectivity index (χ1v) is 10.5. The molecule has 0 saturated carbocycles. The number of hydrogen-bond acceptors (Lipinski definition) is 6. The molecular weight excluding hydrogens is 424 g/mol. The van der Waals surface area contributed by atoms with Gasteiger partial charge in [0.25, 0.3) is 11.8 Å². The predicted molar refractivity (Wildman–Crippen MR) is 123 cm³/mol. The van der Waals surface area contributed by atoms with Gasteiger partial charge >= 0.3 is 6.03 Å². The van der Waals surface area contributed by atoms with Gasteiger partial charge in [0.1, 0.15) is 17.9 Å². The maximum atomic E-state index is 13.1. The Bertz CT molecular complexity index is 1090. The largest absolute Gasteiger partial charge is 0.493 e. The van der Waals surface area contributed by atoms with Gasteiger partial charge in [-0.2, -0.15) is 0 Å². The Morgan fingerprint density at radius 3 is 2.55 bits per heavy atom. The molecule has 1 aliphatic heterocycles. The molecule has 0 spiro atoms. The van der Waals surface area contributed by atoms with Crippen LogP contribution in [0.5, 0.6) is 17.2 Å². The second-order valence-corrected chi connectivity index (χ2v) is 7.18. The molecule has 33 heavy (non-hydrogen) atoms. The first-order valence-electron chi connectivity index (χ1n) is 10.5. The SMILES string of the molecule is C=CCOc1ccccc1C=C1C(=O)NC(=O)N(Cc2ccc(OCCC)c(OC)c2)C1=O. The topological polar surface area (TPSA) is 94.2 Å². The fraction of sp³-hybridized carbons (Fsp3) is 0.240. The third-order valence-corrected chi connectivity index (χ3v) is 4.79. The molecule has 1 saturated heterocycles. The summed E-state index contributed by atoms with van der Waals surface area (Å²) in [5.74, 6) is 0.0879. The Morgan fingerprint density at radius 1 is 1.03 bits per heavy atom. The van der Waals surface area contributed by atoms with Crippen LogP contribution in [-0.2, 0) is 16.1 Å². The van der Waals surface area contributed by atoms with E-state index in [1.807, 2.05) is 6.92 Å². The molecule has 0 aromatic heterocycles. The quantitative estimate of drug-likeness (QED) is 0.337. The summed E-state index contributed by atoms with van der Waals surface area (Å²) in [6.07, 6.45) is 3.85. The smallest absolute Gasteiger partial charge is 0.331 e. The van der Waals surface area contributed by atoms with E-state index in [9.17, 15) is 14.4 Å². The average Bonchev–Trinajstić information content (AvgIpc) is 2.82. The van der Waals surface area contributed by atoms with Gasteiger partial charge < -0.3 is 14.2 Å². The van der Waals surface area contributed by atoms with Gasteiger partial charge in [-0.25, -0.2) is 4.79 Å². The molecule has 4 amide bonds. The van der Waals surface area contributed by atoms with Crippen molar-refractivity contribution in [2.75, 3.05) is 20.3 Å². The Morgan fingerprint density at radius 2 is 1.82 bits per heavy atom. The van der Waals surface area contributed by atoms with Gasteiger partial charge in [0.2, 0.25) is 0 Å². The number of nitrogens with one attached hydrogen (secondary N) is 1. The summed E-state index contributed by atoms with van der Waals surface area (Å²) in [5.41, 5.74) is 1.01. The lowest BCUT2D eigenvalue weighted by molar-refractivity contribution is -0.130. The molecule has 8 nitrogen and oxygen atoms in total. The number of ether oxygens (including phenoxy) is 3. The maximum Gasteiger partial charge on any atom is 0.331 e. The normalized spacial score (nSPS) is 14.8. The number of carbonyl (C=O) groups excluding carboxylic acids is 3. The van der Waals surface area contributed by atoms with Gasteiger partial charge in [0, 0.05) is 5.56 Å². The minimum Gasteiger partial charge on any atom is -0.493 e. The first kappa shape index (κ1) is 23.6. The van der Waals surface area contributed by atoms with Crippen LogP contribution in [0.15, 0.2) is 60.7 Å². The number of hydrogen-bond donors (Lipinski definition) is 1. The lowest BCUT2D eigenvalue weighted by Crippen LogP contribution is -2.53. The summed E-state index contributed by atoms with van der Waals surface area (Å²) < 4.78 is 16.6. The number of barbiturate groups is 1. The van der Waals surface area contributed by atoms with E-state index in [2.05, 4.69) is 11.9 Å². The summed E-state index contributed by atoms with van der Waals surface area (Å²) >= 11 is 0. The van der Waals surface area contributed by atoms with Crippen LogP contribution in [-0.4, -0.2) is 43.1 Å². The number of urea groups is 1. The minimum absolute atomic E-state index is 0.0473. The summed E-state index contributed by atoms with van der Waals surface area (Å²) in [7, 11) is 1.52. The zero-order chi connectivity index (χ0) is 23.8. The van der Waals surface area contributed by atoms with Crippen LogP contribution in [0.1, 0.15) is 24.5 Å². The standard InChI is InChI=1S/C25H26N2O6/c1-4-12-32-20-9-7-6-8-18(20)15-19-23(28)26-25(30)27(24(19)29)16-17-10-11-21(33-13-5-2)22(14-17)31-3/h4,6-11,14-15H,1,5,12-13,16H2,2-3H3,(H,26,28,30). The van der Waals surface area contributed by atoms with E-state index in [-0.39, 0.29) is 18.7 Å². The summed E-state index contributed by atoms with van der Waals surface area (Å²) in [6, 6.07) is 11.4. The number of amides is 4. The van der Waals surface area contributed by atoms with Crippen molar-refractivity contribution in [3.63, 3.8) is 0 Å². The molecule has 8 heteroatoms. The van der Waals surface area contributed by atoms with Crippen molar-refractivity contribution in [1.82, 2.24) is 10.2 Å². The molecule has 1 fully saturated rings. The second kappa shape index (κ2) is 11.0. The van der Waals surface area contributed by atoms with Crippen LogP contribution < -0.4 is 19.5 Å². The number of methoxy groups -OCH3 is 1. The highest BCUT2D eigenvalue weighted by Crippen LogP contribution is 2.29. The highest BCUT2D eigenvalue weighted by atomic mass is 16.5. The first-order chi connectivity index (χ1) is 16.0. The lowest BCUT2D eigenvalue weighted by atomic mass is 10.1. The van der Waals surface area contributed by atoms with E-state index in [1.54, 1.807) is 48.5 Å². The molecule has 172 valence electrons. The Kier molecular flexibility index (Phi) is 7.86. The number of rotatable bonds is 10. The number of imide groups is 2. The van der Waals surface area contributed by atoms with Gasteiger partial charge in [-0.05, 0) is 36.3 Å². The number of para-hydroxylation sites is 1. The summed E-state index contributed by atoms with van der Waals surface area (Å²) in [5, 5.41) is 2.23. The fourth-order valence-corrected chi connectivity index (χ4v) is 3.20. The Hall–Kier alpha value is -4.07. The molecule has 3 rings (SSSR count). The lowest BCUT2D eigenvalue weighted by Gasteiger charge is -2.26. The molecule has 0 radical (unpaired) electrons. The zero-order valence-electron chi connectivity index (χ0n) is 18.6. The molecule has 1 heterocycles. The number of carbonyl (C=O) groups is 3. The van der Waals surface area contributed by atoms with Crippen LogP contribution in [0.25, 0.3) is 6.08 Å². The van der Waals surface area contributed by atoms with Crippen LogP contribution in [0.4, 0.5) is 4.79 Å². The molecule has 2 aromatic rings. The molecule has 1 aliphatic rings. The van der Waals surface area contributed by atoms with E-state index < -0.39 is 17.8 Å². The van der Waals surface area contributed by atoms with Crippen molar-refractivity contribution in [2.45, 2.75) is 19.9 Å². The molecule has 0 unspecified atom stereocenters. The van der Waals surface area contributed by atoms with Crippen molar-refractivity contribution in [1.29, 1.82) is 0 Å². The van der Waals surface area contributed by atoms with E-state index in [0.717, 1.165) is 11.3 Å². The Balaban J connectivity index is 1.87. The van der Waals surface area contributed by atoms with Crippen molar-refractivity contribution in [3.8, 4) is 17.2 Å². The van der Waals surface area contributed by atoms with Crippen molar-refractivity contribution in [2.24, 2.45) is 0 Å². The summed E-state index contributed by atoms with van der Waals surface area (Å²) in [4.78, 5) is 39.0. The minimum atomic E-state index is -0.788. The predicted octanol–water partition coefficient (Wildman–Crippen LogP) is 3.71. The van der Waals surface area contributed by atoms with E-state index in [4.69, 9.17) is 14.2 Å². The fourth-order valence-electron chi connectivity index (χ4n) is 3.20. The third kappa shape index (κ3) is 5.60.